The van der Waals surface area contributed by atoms with Crippen LogP contribution in [0.15, 0.2) is 30.3 Å². The lowest BCUT2D eigenvalue weighted by molar-refractivity contribution is 0.116. The number of rotatable bonds is 2. The number of piperazine rings is 1. The molecule has 0 saturated carbocycles. The fourth-order valence-corrected chi connectivity index (χ4v) is 4.19. The molecule has 1 aromatic heterocycles. The third-order valence-electron chi connectivity index (χ3n) is 5.82. The Morgan fingerprint density at radius 3 is 2.20 bits per heavy atom. The molecule has 2 aliphatic rings. The SMILES string of the molecule is Cc1cc(C)n(-c2cccc(NC(=O)N3CCN(C(=O)N4CCCCC4)CC3)c2)n1. The molecule has 8 nitrogen and oxygen atoms in total. The third-order valence-corrected chi connectivity index (χ3v) is 5.82. The second kappa shape index (κ2) is 8.77. The van der Waals surface area contributed by atoms with E-state index < -0.39 is 0 Å². The number of carbonyl (C=O) groups is 2. The minimum Gasteiger partial charge on any atom is -0.325 e. The second-order valence-corrected chi connectivity index (χ2v) is 8.12. The van der Waals surface area contributed by atoms with Gasteiger partial charge in [0.05, 0.1) is 11.4 Å². The largest absolute Gasteiger partial charge is 0.325 e. The van der Waals surface area contributed by atoms with Crippen molar-refractivity contribution < 1.29 is 9.59 Å². The summed E-state index contributed by atoms with van der Waals surface area (Å²) < 4.78 is 1.87. The highest BCUT2D eigenvalue weighted by Crippen LogP contribution is 2.18. The molecule has 0 unspecified atom stereocenters. The van der Waals surface area contributed by atoms with Gasteiger partial charge in [0.2, 0.25) is 0 Å². The fraction of sp³-hybridized carbons (Fsp3) is 0.500. The number of aromatic nitrogens is 2. The lowest BCUT2D eigenvalue weighted by Crippen LogP contribution is -2.55. The quantitative estimate of drug-likeness (QED) is 0.826. The first-order chi connectivity index (χ1) is 14.5. The molecule has 2 saturated heterocycles. The molecule has 0 spiro atoms. The maximum absolute atomic E-state index is 12.7. The van der Waals surface area contributed by atoms with Crippen molar-refractivity contribution in [1.82, 2.24) is 24.5 Å². The molecule has 1 N–H and O–H groups in total. The molecule has 30 heavy (non-hydrogen) atoms. The molecule has 160 valence electrons. The average molecular weight is 411 g/mol. The maximum atomic E-state index is 12.7. The van der Waals surface area contributed by atoms with Gasteiger partial charge in [-0.2, -0.15) is 5.10 Å². The molecule has 8 heteroatoms. The Balaban J connectivity index is 1.33. The minimum atomic E-state index is -0.134. The molecule has 2 fully saturated rings. The van der Waals surface area contributed by atoms with Crippen LogP contribution in [0, 0.1) is 13.8 Å². The number of anilines is 1. The van der Waals surface area contributed by atoms with Gasteiger partial charge in [0.15, 0.2) is 0 Å². The third kappa shape index (κ3) is 4.42. The predicted octanol–water partition coefficient (Wildman–Crippen LogP) is 3.24. The highest BCUT2D eigenvalue weighted by molar-refractivity contribution is 5.90. The van der Waals surface area contributed by atoms with Crippen molar-refractivity contribution in [2.75, 3.05) is 44.6 Å². The van der Waals surface area contributed by atoms with Crippen LogP contribution < -0.4 is 5.32 Å². The molecule has 0 bridgehead atoms. The van der Waals surface area contributed by atoms with Gasteiger partial charge in [-0.25, -0.2) is 14.3 Å². The van der Waals surface area contributed by atoms with Crippen molar-refractivity contribution in [3.8, 4) is 5.69 Å². The van der Waals surface area contributed by atoms with Gasteiger partial charge in [-0.15, -0.1) is 0 Å². The van der Waals surface area contributed by atoms with E-state index >= 15 is 0 Å². The zero-order chi connectivity index (χ0) is 21.1. The molecule has 2 aromatic rings. The standard InChI is InChI=1S/C22H30N6O2/c1-17-15-18(2)28(24-17)20-8-6-7-19(16-20)23-21(29)25-11-13-27(14-12-25)22(30)26-9-4-3-5-10-26/h6-8,15-16H,3-5,9-14H2,1-2H3,(H,23,29). The van der Waals surface area contributed by atoms with E-state index in [4.69, 9.17) is 0 Å². The van der Waals surface area contributed by atoms with E-state index in [9.17, 15) is 9.59 Å². The van der Waals surface area contributed by atoms with Gasteiger partial charge >= 0.3 is 12.1 Å². The smallest absolute Gasteiger partial charge is 0.321 e. The van der Waals surface area contributed by atoms with Crippen molar-refractivity contribution in [2.45, 2.75) is 33.1 Å². The first-order valence-corrected chi connectivity index (χ1v) is 10.7. The van der Waals surface area contributed by atoms with E-state index in [1.54, 1.807) is 4.90 Å². The molecule has 0 radical (unpaired) electrons. The van der Waals surface area contributed by atoms with Crippen LogP contribution in [0.3, 0.4) is 0 Å². The summed E-state index contributed by atoms with van der Waals surface area (Å²) in [7, 11) is 0. The number of urea groups is 2. The summed E-state index contributed by atoms with van der Waals surface area (Å²) in [5, 5.41) is 7.49. The Morgan fingerprint density at radius 1 is 0.867 bits per heavy atom. The van der Waals surface area contributed by atoms with Gasteiger partial charge < -0.3 is 20.0 Å². The first kappa shape index (κ1) is 20.3. The number of hydrogen-bond acceptors (Lipinski definition) is 3. The van der Waals surface area contributed by atoms with Gasteiger partial charge in [0.1, 0.15) is 0 Å². The number of aryl methyl sites for hydroxylation is 2. The van der Waals surface area contributed by atoms with Crippen LogP contribution in [0.4, 0.5) is 15.3 Å². The lowest BCUT2D eigenvalue weighted by atomic mass is 10.1. The molecule has 1 aromatic carbocycles. The summed E-state index contributed by atoms with van der Waals surface area (Å²) in [6.07, 6.45) is 3.38. The summed E-state index contributed by atoms with van der Waals surface area (Å²) in [4.78, 5) is 31.0. The fourth-order valence-electron chi connectivity index (χ4n) is 4.19. The second-order valence-electron chi connectivity index (χ2n) is 8.12. The van der Waals surface area contributed by atoms with E-state index in [1.807, 2.05) is 58.7 Å². The molecule has 0 aliphatic carbocycles. The first-order valence-electron chi connectivity index (χ1n) is 10.7. The van der Waals surface area contributed by atoms with Crippen molar-refractivity contribution >= 4 is 17.7 Å². The number of nitrogens with one attached hydrogen (secondary N) is 1. The summed E-state index contributed by atoms with van der Waals surface area (Å²) in [5.41, 5.74) is 3.65. The highest BCUT2D eigenvalue weighted by Gasteiger charge is 2.27. The molecule has 2 aliphatic heterocycles. The van der Waals surface area contributed by atoms with Crippen LogP contribution in [0.5, 0.6) is 0 Å². The summed E-state index contributed by atoms with van der Waals surface area (Å²) in [5.74, 6) is 0. The number of benzene rings is 1. The van der Waals surface area contributed by atoms with Crippen molar-refractivity contribution in [3.05, 3.63) is 41.7 Å². The predicted molar refractivity (Wildman–Crippen MR) is 116 cm³/mol. The molecular formula is C22H30N6O2. The molecule has 4 rings (SSSR count). The van der Waals surface area contributed by atoms with Gasteiger partial charge in [-0.1, -0.05) is 6.07 Å². The molecule has 0 atom stereocenters. The van der Waals surface area contributed by atoms with E-state index in [2.05, 4.69) is 10.4 Å². The van der Waals surface area contributed by atoms with E-state index in [1.165, 1.54) is 6.42 Å². The van der Waals surface area contributed by atoms with Gasteiger partial charge in [0.25, 0.3) is 0 Å². The number of piperidine rings is 1. The molecule has 4 amide bonds. The van der Waals surface area contributed by atoms with Crippen LogP contribution in [0.1, 0.15) is 30.7 Å². The number of hydrogen-bond donors (Lipinski definition) is 1. The topological polar surface area (TPSA) is 73.7 Å². The summed E-state index contributed by atoms with van der Waals surface area (Å²) >= 11 is 0. The normalized spacial score (nSPS) is 17.2. The Bertz CT molecular complexity index is 910. The Kier molecular flexibility index (Phi) is 5.92. The van der Waals surface area contributed by atoms with Gasteiger partial charge in [-0.05, 0) is 57.4 Å². The summed E-state index contributed by atoms with van der Waals surface area (Å²) in [6, 6.07) is 9.70. The van der Waals surface area contributed by atoms with Crippen LogP contribution in [0.2, 0.25) is 0 Å². The summed E-state index contributed by atoms with van der Waals surface area (Å²) in [6.45, 7) is 7.92. The van der Waals surface area contributed by atoms with E-state index in [-0.39, 0.29) is 12.1 Å². The minimum absolute atomic E-state index is 0.118. The molecular weight excluding hydrogens is 380 g/mol. The zero-order valence-electron chi connectivity index (χ0n) is 17.8. The Hall–Kier alpha value is -3.03. The monoisotopic (exact) mass is 410 g/mol. The zero-order valence-corrected chi connectivity index (χ0v) is 17.8. The van der Waals surface area contributed by atoms with Crippen LogP contribution in [-0.2, 0) is 0 Å². The van der Waals surface area contributed by atoms with Crippen molar-refractivity contribution in [1.29, 1.82) is 0 Å². The van der Waals surface area contributed by atoms with Crippen LogP contribution in [0.25, 0.3) is 5.69 Å². The van der Waals surface area contributed by atoms with E-state index in [0.29, 0.717) is 26.2 Å². The van der Waals surface area contributed by atoms with Crippen LogP contribution >= 0.6 is 0 Å². The van der Waals surface area contributed by atoms with Crippen molar-refractivity contribution in [2.24, 2.45) is 0 Å². The average Bonchev–Trinajstić information content (AvgIpc) is 3.12. The lowest BCUT2D eigenvalue weighted by Gasteiger charge is -2.38. The Labute approximate surface area is 177 Å². The highest BCUT2D eigenvalue weighted by atomic mass is 16.2. The molecule has 3 heterocycles. The Morgan fingerprint density at radius 2 is 1.53 bits per heavy atom. The number of carbonyl (C=O) groups excluding carboxylic acids is 2. The maximum Gasteiger partial charge on any atom is 0.321 e. The number of nitrogens with zero attached hydrogens (tertiary/aromatic N) is 5. The van der Waals surface area contributed by atoms with Crippen LogP contribution in [-0.4, -0.2) is 75.8 Å². The van der Waals surface area contributed by atoms with Gasteiger partial charge in [0, 0.05) is 50.6 Å². The number of likely N-dealkylation sites (tertiary alicyclic amines) is 1. The van der Waals surface area contributed by atoms with E-state index in [0.717, 1.165) is 48.7 Å². The van der Waals surface area contributed by atoms with Crippen molar-refractivity contribution in [3.63, 3.8) is 0 Å². The number of amides is 4. The van der Waals surface area contributed by atoms with Gasteiger partial charge in [-0.3, -0.25) is 0 Å².